The highest BCUT2D eigenvalue weighted by Crippen LogP contribution is 2.28. The summed E-state index contributed by atoms with van der Waals surface area (Å²) in [7, 11) is -3.60. The van der Waals surface area contributed by atoms with Gasteiger partial charge in [-0.15, -0.1) is 11.3 Å². The lowest BCUT2D eigenvalue weighted by Gasteiger charge is -2.30. The lowest BCUT2D eigenvalue weighted by atomic mass is 9.97. The minimum Gasteiger partial charge on any atom is -0.302 e. The number of benzene rings is 2. The quantitative estimate of drug-likeness (QED) is 0.459. The molecular weight excluding hydrogens is 456 g/mol. The monoisotopic (exact) mass is 478 g/mol. The molecule has 1 aliphatic rings. The topological polar surface area (TPSA) is 92.3 Å². The third kappa shape index (κ3) is 4.52. The van der Waals surface area contributed by atoms with Gasteiger partial charge in [-0.3, -0.25) is 9.78 Å². The van der Waals surface area contributed by atoms with Gasteiger partial charge < -0.3 is 5.32 Å². The Morgan fingerprint density at radius 3 is 2.58 bits per heavy atom. The number of aromatic nitrogens is 2. The second kappa shape index (κ2) is 9.01. The minimum absolute atomic E-state index is 0.121. The van der Waals surface area contributed by atoms with Crippen LogP contribution in [-0.4, -0.2) is 41.7 Å². The predicted octanol–water partition coefficient (Wildman–Crippen LogP) is 4.40. The number of sulfonamides is 1. The molecule has 4 aromatic rings. The van der Waals surface area contributed by atoms with E-state index < -0.39 is 10.0 Å². The Morgan fingerprint density at radius 2 is 1.82 bits per heavy atom. The largest absolute Gasteiger partial charge is 0.302 e. The average molecular weight is 479 g/mol. The smallest absolute Gasteiger partial charge is 0.243 e. The summed E-state index contributed by atoms with van der Waals surface area (Å²) in [5.41, 5.74) is 1.65. The average Bonchev–Trinajstić information content (AvgIpc) is 3.33. The fourth-order valence-corrected chi connectivity index (χ4v) is 6.25. The van der Waals surface area contributed by atoms with E-state index in [0.29, 0.717) is 31.1 Å². The predicted molar refractivity (Wildman–Crippen MR) is 129 cm³/mol. The zero-order chi connectivity index (χ0) is 22.8. The molecular formula is C24H22N4O3S2. The van der Waals surface area contributed by atoms with Crippen molar-refractivity contribution in [1.29, 1.82) is 0 Å². The SMILES string of the molecule is O=C(Nc1nc(-c2cccnc2)cs1)C1CCN(S(=O)(=O)c2ccc3ccccc3c2)CC1. The number of amides is 1. The molecule has 0 unspecified atom stereocenters. The number of hydrogen-bond donors (Lipinski definition) is 1. The molecule has 9 heteroatoms. The van der Waals surface area contributed by atoms with Crippen LogP contribution >= 0.6 is 11.3 Å². The number of anilines is 1. The molecule has 3 heterocycles. The third-order valence-corrected chi connectivity index (χ3v) is 8.53. The molecule has 0 bridgehead atoms. The van der Waals surface area contributed by atoms with Gasteiger partial charge in [0, 0.05) is 42.3 Å². The van der Waals surface area contributed by atoms with E-state index in [1.807, 2.05) is 47.8 Å². The summed E-state index contributed by atoms with van der Waals surface area (Å²) >= 11 is 1.36. The molecule has 1 N–H and O–H groups in total. The van der Waals surface area contributed by atoms with Crippen LogP contribution in [0.4, 0.5) is 5.13 Å². The molecule has 1 fully saturated rings. The van der Waals surface area contributed by atoms with Gasteiger partial charge in [0.05, 0.1) is 10.6 Å². The highest BCUT2D eigenvalue weighted by atomic mass is 32.2. The number of thiazole rings is 1. The molecule has 0 spiro atoms. The zero-order valence-electron chi connectivity index (χ0n) is 17.7. The van der Waals surface area contributed by atoms with E-state index in [1.54, 1.807) is 24.5 Å². The molecule has 0 radical (unpaired) electrons. The Hall–Kier alpha value is -3.14. The van der Waals surface area contributed by atoms with Crippen LogP contribution in [0.3, 0.4) is 0 Å². The van der Waals surface area contributed by atoms with Crippen molar-refractivity contribution in [2.24, 2.45) is 5.92 Å². The molecule has 1 saturated heterocycles. The molecule has 2 aromatic heterocycles. The van der Waals surface area contributed by atoms with E-state index in [4.69, 9.17) is 0 Å². The van der Waals surface area contributed by atoms with Crippen LogP contribution in [0, 0.1) is 5.92 Å². The van der Waals surface area contributed by atoms with Crippen LogP contribution in [0.5, 0.6) is 0 Å². The first kappa shape index (κ1) is 21.7. The highest BCUT2D eigenvalue weighted by molar-refractivity contribution is 7.89. The number of piperidine rings is 1. The molecule has 0 atom stereocenters. The van der Waals surface area contributed by atoms with Crippen LogP contribution in [0.1, 0.15) is 12.8 Å². The van der Waals surface area contributed by atoms with Gasteiger partial charge in [0.1, 0.15) is 0 Å². The summed E-state index contributed by atoms with van der Waals surface area (Å²) in [6, 6.07) is 16.6. The molecule has 2 aromatic carbocycles. The summed E-state index contributed by atoms with van der Waals surface area (Å²) in [5, 5.41) is 7.19. The molecule has 168 valence electrons. The number of carbonyl (C=O) groups excluding carboxylic acids is 1. The number of nitrogens with zero attached hydrogens (tertiary/aromatic N) is 3. The molecule has 0 saturated carbocycles. The zero-order valence-corrected chi connectivity index (χ0v) is 19.3. The van der Waals surface area contributed by atoms with Gasteiger partial charge in [-0.05, 0) is 47.9 Å². The number of rotatable bonds is 5. The van der Waals surface area contributed by atoms with Crippen LogP contribution in [0.25, 0.3) is 22.0 Å². The van der Waals surface area contributed by atoms with E-state index in [0.717, 1.165) is 22.0 Å². The fraction of sp³-hybridized carbons (Fsp3) is 0.208. The molecule has 0 aliphatic carbocycles. The van der Waals surface area contributed by atoms with Gasteiger partial charge >= 0.3 is 0 Å². The molecule has 1 amide bonds. The van der Waals surface area contributed by atoms with E-state index >= 15 is 0 Å². The summed E-state index contributed by atoms with van der Waals surface area (Å²) in [6.45, 7) is 0.623. The summed E-state index contributed by atoms with van der Waals surface area (Å²) in [5.74, 6) is -0.372. The molecule has 5 rings (SSSR count). The van der Waals surface area contributed by atoms with Gasteiger partial charge in [-0.1, -0.05) is 30.3 Å². The number of carbonyl (C=O) groups is 1. The number of pyridine rings is 1. The first-order valence-corrected chi connectivity index (χ1v) is 13.0. The van der Waals surface area contributed by atoms with E-state index in [9.17, 15) is 13.2 Å². The van der Waals surface area contributed by atoms with Gasteiger partial charge in [0.15, 0.2) is 5.13 Å². The Labute approximate surface area is 196 Å². The third-order valence-electron chi connectivity index (χ3n) is 5.88. The second-order valence-electron chi connectivity index (χ2n) is 7.96. The van der Waals surface area contributed by atoms with Gasteiger partial charge in [-0.25, -0.2) is 13.4 Å². The Bertz CT molecular complexity index is 1400. The van der Waals surface area contributed by atoms with E-state index in [-0.39, 0.29) is 16.7 Å². The molecule has 33 heavy (non-hydrogen) atoms. The van der Waals surface area contributed by atoms with Gasteiger partial charge in [0.2, 0.25) is 15.9 Å². The van der Waals surface area contributed by atoms with Crippen LogP contribution < -0.4 is 5.32 Å². The van der Waals surface area contributed by atoms with Crippen LogP contribution in [0.2, 0.25) is 0 Å². The van der Waals surface area contributed by atoms with Crippen molar-refractivity contribution in [1.82, 2.24) is 14.3 Å². The maximum atomic E-state index is 13.1. The van der Waals surface area contributed by atoms with Crippen molar-refractivity contribution >= 4 is 43.2 Å². The van der Waals surface area contributed by atoms with Crippen LogP contribution in [0.15, 0.2) is 77.3 Å². The van der Waals surface area contributed by atoms with E-state index in [1.165, 1.54) is 15.6 Å². The standard InChI is InChI=1S/C24H22N4O3S2/c29-23(27-24-26-22(16-32-24)20-6-3-11-25-15-20)18-9-12-28(13-10-18)33(30,31)21-8-7-17-4-1-2-5-19(17)14-21/h1-8,11,14-16,18H,9-10,12-13H2,(H,26,27,29). The highest BCUT2D eigenvalue weighted by Gasteiger charge is 2.32. The Morgan fingerprint density at radius 1 is 1.03 bits per heavy atom. The normalized spacial score (nSPS) is 15.5. The summed E-state index contributed by atoms with van der Waals surface area (Å²) in [4.78, 5) is 21.6. The fourth-order valence-electron chi connectivity index (χ4n) is 4.02. The van der Waals surface area contributed by atoms with Crippen molar-refractivity contribution < 1.29 is 13.2 Å². The Kier molecular flexibility index (Phi) is 5.92. The molecule has 1 aliphatic heterocycles. The first-order chi connectivity index (χ1) is 16.0. The number of hydrogen-bond acceptors (Lipinski definition) is 6. The maximum Gasteiger partial charge on any atom is 0.243 e. The van der Waals surface area contributed by atoms with Crippen molar-refractivity contribution in [3.8, 4) is 11.3 Å². The first-order valence-electron chi connectivity index (χ1n) is 10.7. The molecule has 7 nitrogen and oxygen atoms in total. The number of fused-ring (bicyclic) bond motifs is 1. The lowest BCUT2D eigenvalue weighted by Crippen LogP contribution is -2.41. The van der Waals surface area contributed by atoms with Crippen LogP contribution in [-0.2, 0) is 14.8 Å². The lowest BCUT2D eigenvalue weighted by molar-refractivity contribution is -0.120. The van der Waals surface area contributed by atoms with Crippen molar-refractivity contribution in [2.75, 3.05) is 18.4 Å². The summed E-state index contributed by atoms with van der Waals surface area (Å²) in [6.07, 6.45) is 4.37. The maximum absolute atomic E-state index is 13.1. The second-order valence-corrected chi connectivity index (χ2v) is 10.8. The Balaban J connectivity index is 1.22. The van der Waals surface area contributed by atoms with Crippen molar-refractivity contribution in [3.63, 3.8) is 0 Å². The number of nitrogens with one attached hydrogen (secondary N) is 1. The van der Waals surface area contributed by atoms with Gasteiger partial charge in [-0.2, -0.15) is 4.31 Å². The minimum atomic E-state index is -3.60. The van der Waals surface area contributed by atoms with E-state index in [2.05, 4.69) is 15.3 Å². The summed E-state index contributed by atoms with van der Waals surface area (Å²) < 4.78 is 27.8. The van der Waals surface area contributed by atoms with Crippen molar-refractivity contribution in [2.45, 2.75) is 17.7 Å². The van der Waals surface area contributed by atoms with Gasteiger partial charge in [0.25, 0.3) is 0 Å². The van der Waals surface area contributed by atoms with Crippen molar-refractivity contribution in [3.05, 3.63) is 72.4 Å².